The molecule has 1 fully saturated rings. The number of nitrogens with one attached hydrogen (secondary N) is 1. The van der Waals surface area contributed by atoms with Gasteiger partial charge in [0.05, 0.1) is 21.8 Å². The molecule has 4 N–H and O–H groups in total. The highest BCUT2D eigenvalue weighted by atomic mass is 35.5. The molecule has 30 heavy (non-hydrogen) atoms. The summed E-state index contributed by atoms with van der Waals surface area (Å²) in [4.78, 5) is 20.4. The lowest BCUT2D eigenvalue weighted by Gasteiger charge is -2.20. The summed E-state index contributed by atoms with van der Waals surface area (Å²) in [7, 11) is 0. The van der Waals surface area contributed by atoms with Gasteiger partial charge in [-0.15, -0.1) is 0 Å². The van der Waals surface area contributed by atoms with Crippen molar-refractivity contribution in [1.29, 1.82) is 0 Å². The molecule has 156 valence electrons. The van der Waals surface area contributed by atoms with Crippen molar-refractivity contribution >= 4 is 45.9 Å². The zero-order valence-electron chi connectivity index (χ0n) is 16.5. The Bertz CT molecular complexity index is 1150. The maximum atomic E-state index is 10.1. The van der Waals surface area contributed by atoms with Crippen LogP contribution >= 0.6 is 23.4 Å². The van der Waals surface area contributed by atoms with E-state index in [0.29, 0.717) is 22.3 Å². The van der Waals surface area contributed by atoms with Crippen molar-refractivity contribution in [1.82, 2.24) is 19.9 Å². The van der Waals surface area contributed by atoms with E-state index >= 15 is 0 Å². The number of aryl methyl sites for hydroxylation is 1. The Kier molecular flexibility index (Phi) is 5.06. The minimum Gasteiger partial charge on any atom is -0.354 e. The molecule has 1 unspecified atom stereocenters. The van der Waals surface area contributed by atoms with E-state index in [0.717, 1.165) is 64.1 Å². The average Bonchev–Trinajstić information content (AvgIpc) is 3.31. The first-order chi connectivity index (χ1) is 14.5. The van der Waals surface area contributed by atoms with E-state index in [1.165, 1.54) is 11.8 Å². The van der Waals surface area contributed by atoms with Crippen LogP contribution < -0.4 is 15.7 Å². The molecule has 8 nitrogen and oxygen atoms in total. The van der Waals surface area contributed by atoms with Gasteiger partial charge in [0.25, 0.3) is 0 Å². The molecule has 10 heteroatoms. The number of fused-ring (bicyclic) bond motifs is 2. The molecule has 5 heterocycles. The van der Waals surface area contributed by atoms with E-state index in [2.05, 4.69) is 21.8 Å². The molecule has 0 bridgehead atoms. The van der Waals surface area contributed by atoms with Gasteiger partial charge < -0.3 is 15.6 Å². The van der Waals surface area contributed by atoms with Gasteiger partial charge in [-0.25, -0.2) is 15.0 Å². The minimum absolute atomic E-state index is 0.128. The van der Waals surface area contributed by atoms with Crippen LogP contribution in [0.2, 0.25) is 5.02 Å². The lowest BCUT2D eigenvalue weighted by atomic mass is 10.2. The second kappa shape index (κ2) is 7.73. The van der Waals surface area contributed by atoms with E-state index in [4.69, 9.17) is 27.3 Å². The van der Waals surface area contributed by atoms with Crippen molar-refractivity contribution < 1.29 is 5.21 Å². The van der Waals surface area contributed by atoms with Crippen LogP contribution in [-0.2, 0) is 12.8 Å². The number of nitrogens with two attached hydrogens (primary N) is 1. The number of aromatic nitrogens is 4. The number of nitrogens with zero attached hydrogens (tertiary/aromatic N) is 5. The number of H-pyrrole nitrogens is 1. The van der Waals surface area contributed by atoms with Crippen LogP contribution in [-0.4, -0.2) is 44.3 Å². The average molecular weight is 444 g/mol. The zero-order valence-corrected chi connectivity index (χ0v) is 18.0. The van der Waals surface area contributed by atoms with Crippen LogP contribution in [0.5, 0.6) is 0 Å². The highest BCUT2D eigenvalue weighted by Crippen LogP contribution is 2.38. The number of rotatable bonds is 4. The van der Waals surface area contributed by atoms with E-state index < -0.39 is 0 Å². The number of allylic oxidation sites excluding steroid dienone is 1. The molecule has 0 radical (unpaired) electrons. The summed E-state index contributed by atoms with van der Waals surface area (Å²) in [6.07, 6.45) is 7.68. The van der Waals surface area contributed by atoms with Gasteiger partial charge in [0.1, 0.15) is 11.5 Å². The van der Waals surface area contributed by atoms with Gasteiger partial charge in [0.15, 0.2) is 5.16 Å². The van der Waals surface area contributed by atoms with E-state index in [-0.39, 0.29) is 6.04 Å². The van der Waals surface area contributed by atoms with Crippen molar-refractivity contribution in [3.63, 3.8) is 0 Å². The maximum Gasteiger partial charge on any atom is 0.196 e. The number of anilines is 2. The normalized spacial score (nSPS) is 18.5. The van der Waals surface area contributed by atoms with Gasteiger partial charge in [-0.2, -0.15) is 0 Å². The summed E-state index contributed by atoms with van der Waals surface area (Å²) in [5.41, 5.74) is 9.32. The van der Waals surface area contributed by atoms with Crippen LogP contribution in [0, 0.1) is 0 Å². The summed E-state index contributed by atoms with van der Waals surface area (Å²) >= 11 is 8.07. The van der Waals surface area contributed by atoms with Crippen molar-refractivity contribution in [3.8, 4) is 0 Å². The molecular formula is C20H22ClN7OS. The highest BCUT2D eigenvalue weighted by molar-refractivity contribution is 7.99. The van der Waals surface area contributed by atoms with Gasteiger partial charge >= 0.3 is 0 Å². The molecule has 5 rings (SSSR count). The Hall–Kier alpha value is -2.33. The largest absolute Gasteiger partial charge is 0.354 e. The lowest BCUT2D eigenvalue weighted by Crippen LogP contribution is -2.27. The van der Waals surface area contributed by atoms with Crippen molar-refractivity contribution in [2.75, 3.05) is 23.1 Å². The molecule has 3 aromatic heterocycles. The van der Waals surface area contributed by atoms with E-state index in [9.17, 15) is 5.21 Å². The van der Waals surface area contributed by atoms with Crippen LogP contribution in [0.3, 0.4) is 0 Å². The first kappa shape index (κ1) is 19.6. The summed E-state index contributed by atoms with van der Waals surface area (Å²) in [6, 6.07) is 2.03. The van der Waals surface area contributed by atoms with Crippen LogP contribution in [0.25, 0.3) is 11.0 Å². The third-order valence-electron chi connectivity index (χ3n) is 5.44. The Morgan fingerprint density at radius 2 is 2.27 bits per heavy atom. The fraction of sp³-hybridized carbons (Fsp3) is 0.350. The first-order valence-corrected chi connectivity index (χ1v) is 11.1. The Morgan fingerprint density at radius 1 is 1.40 bits per heavy atom. The van der Waals surface area contributed by atoms with Crippen LogP contribution in [0.4, 0.5) is 11.5 Å². The number of hydrogen-bond acceptors (Lipinski definition) is 8. The first-order valence-electron chi connectivity index (χ1n) is 9.93. The lowest BCUT2D eigenvalue weighted by molar-refractivity contribution is 0.292. The third kappa shape index (κ3) is 3.41. The Labute approximate surface area is 183 Å². The second-order valence-electron chi connectivity index (χ2n) is 7.49. The Morgan fingerprint density at radius 3 is 3.03 bits per heavy atom. The van der Waals surface area contributed by atoms with Gasteiger partial charge in [-0.05, 0) is 30.7 Å². The molecule has 0 amide bonds. The molecule has 0 spiro atoms. The number of halogens is 1. The fourth-order valence-electron chi connectivity index (χ4n) is 3.89. The standard InChI is InChI=1S/C20H22ClN7OS/c1-2-13-17(21)16-18(24-13)25-20(26-19(16)27-7-5-11(22)10-27)30-12-8-15-14(23-9-12)4-3-6-28(15)29/h3,6,8-9,11,29H,2,4-5,7,10,22H2,1H3,(H,24,25,26). The molecular weight excluding hydrogens is 422 g/mol. The van der Waals surface area contributed by atoms with E-state index in [1.807, 2.05) is 12.1 Å². The highest BCUT2D eigenvalue weighted by Gasteiger charge is 2.26. The predicted octanol–water partition coefficient (Wildman–Crippen LogP) is 3.52. The minimum atomic E-state index is 0.128. The number of hydrogen-bond donors (Lipinski definition) is 3. The van der Waals surface area contributed by atoms with Crippen LogP contribution in [0.15, 0.2) is 34.6 Å². The van der Waals surface area contributed by atoms with Crippen molar-refractivity contribution in [3.05, 3.63) is 40.9 Å². The topological polar surface area (TPSA) is 107 Å². The SMILES string of the molecule is CCc1[nH]c2nc(Sc3cnc4c(c3)N(O)C=CC4)nc(N3CCC(N)C3)c2c1Cl. The summed E-state index contributed by atoms with van der Waals surface area (Å²) in [5, 5.41) is 13.3. The molecule has 2 aliphatic rings. The molecule has 3 aromatic rings. The monoisotopic (exact) mass is 443 g/mol. The van der Waals surface area contributed by atoms with Crippen molar-refractivity contribution in [2.24, 2.45) is 5.73 Å². The zero-order chi connectivity index (χ0) is 20.8. The molecule has 1 saturated heterocycles. The molecule has 2 aliphatic heterocycles. The molecule has 0 aliphatic carbocycles. The summed E-state index contributed by atoms with van der Waals surface area (Å²) in [5.74, 6) is 0.814. The van der Waals surface area contributed by atoms with Gasteiger partial charge in [-0.3, -0.25) is 10.2 Å². The smallest absolute Gasteiger partial charge is 0.196 e. The maximum absolute atomic E-state index is 10.1. The molecule has 0 saturated carbocycles. The summed E-state index contributed by atoms with van der Waals surface area (Å²) in [6.45, 7) is 3.64. The second-order valence-corrected chi connectivity index (χ2v) is 8.91. The van der Waals surface area contributed by atoms with Crippen LogP contribution in [0.1, 0.15) is 24.7 Å². The summed E-state index contributed by atoms with van der Waals surface area (Å²) < 4.78 is 0. The van der Waals surface area contributed by atoms with Crippen molar-refractivity contribution in [2.45, 2.75) is 42.3 Å². The quantitative estimate of drug-likeness (QED) is 0.526. The van der Waals surface area contributed by atoms with Gasteiger partial charge in [-0.1, -0.05) is 24.6 Å². The number of hydroxylamine groups is 1. The predicted molar refractivity (Wildman–Crippen MR) is 119 cm³/mol. The van der Waals surface area contributed by atoms with Gasteiger partial charge in [0, 0.05) is 48.5 Å². The Balaban J connectivity index is 1.56. The van der Waals surface area contributed by atoms with E-state index in [1.54, 1.807) is 12.4 Å². The van der Waals surface area contributed by atoms with Gasteiger partial charge in [0.2, 0.25) is 0 Å². The number of pyridine rings is 1. The third-order valence-corrected chi connectivity index (χ3v) is 6.68. The molecule has 1 atom stereocenters. The molecule has 0 aromatic carbocycles. The number of aromatic amines is 1. The fourth-order valence-corrected chi connectivity index (χ4v) is 5.00.